The number of carboxylic acid groups (broad SMARTS) is 1. The largest absolute Gasteiger partial charge is 0.481 e. The Hall–Kier alpha value is -2.93. The number of pyridine rings is 1. The first kappa shape index (κ1) is 18.8. The normalized spacial score (nSPS) is 16.9. The molecule has 142 valence electrons. The van der Waals surface area contributed by atoms with Crippen molar-refractivity contribution in [3.8, 4) is 0 Å². The SMILES string of the molecule is Cc1cccc(Cn2cccc(C(=O)N3CCO[C@@H](CC(=O)O)C3)c2=O)c1. The second-order valence-electron chi connectivity index (χ2n) is 6.69. The van der Waals surface area contributed by atoms with Gasteiger partial charge in [-0.05, 0) is 24.6 Å². The van der Waals surface area contributed by atoms with Crippen molar-refractivity contribution in [2.24, 2.45) is 0 Å². The van der Waals surface area contributed by atoms with Crippen LogP contribution in [0.15, 0.2) is 47.4 Å². The first-order valence-electron chi connectivity index (χ1n) is 8.81. The molecule has 0 saturated carbocycles. The van der Waals surface area contributed by atoms with Gasteiger partial charge in [-0.3, -0.25) is 14.4 Å². The number of hydrogen-bond acceptors (Lipinski definition) is 4. The van der Waals surface area contributed by atoms with E-state index in [4.69, 9.17) is 9.84 Å². The Labute approximate surface area is 156 Å². The molecule has 0 aliphatic carbocycles. The van der Waals surface area contributed by atoms with E-state index in [-0.39, 0.29) is 30.7 Å². The molecule has 1 saturated heterocycles. The average molecular weight is 370 g/mol. The lowest BCUT2D eigenvalue weighted by atomic mass is 10.1. The van der Waals surface area contributed by atoms with Crippen LogP contribution in [-0.2, 0) is 16.1 Å². The van der Waals surface area contributed by atoms with E-state index >= 15 is 0 Å². The van der Waals surface area contributed by atoms with Crippen LogP contribution in [0, 0.1) is 6.92 Å². The van der Waals surface area contributed by atoms with Gasteiger partial charge in [-0.15, -0.1) is 0 Å². The molecule has 0 radical (unpaired) electrons. The van der Waals surface area contributed by atoms with Gasteiger partial charge in [-0.2, -0.15) is 0 Å². The summed E-state index contributed by atoms with van der Waals surface area (Å²) in [5, 5.41) is 8.91. The molecule has 1 aromatic heterocycles. The number of nitrogens with zero attached hydrogens (tertiary/aromatic N) is 2. The quantitative estimate of drug-likeness (QED) is 0.862. The fraction of sp³-hybridized carbons (Fsp3) is 0.350. The van der Waals surface area contributed by atoms with Gasteiger partial charge in [0.15, 0.2) is 0 Å². The maximum absolute atomic E-state index is 12.8. The van der Waals surface area contributed by atoms with Crippen LogP contribution in [0.5, 0.6) is 0 Å². The molecule has 1 atom stereocenters. The summed E-state index contributed by atoms with van der Waals surface area (Å²) in [5.41, 5.74) is 1.81. The Balaban J connectivity index is 1.79. The Morgan fingerprint density at radius 2 is 2.07 bits per heavy atom. The summed E-state index contributed by atoms with van der Waals surface area (Å²) in [6.07, 6.45) is 0.933. The molecule has 0 unspecified atom stereocenters. The van der Waals surface area contributed by atoms with Gasteiger partial charge in [-0.1, -0.05) is 29.8 Å². The van der Waals surface area contributed by atoms with Crippen molar-refractivity contribution in [1.82, 2.24) is 9.47 Å². The van der Waals surface area contributed by atoms with E-state index in [2.05, 4.69) is 0 Å². The first-order chi connectivity index (χ1) is 12.9. The standard InChI is InChI=1S/C20H22N2O5/c1-14-4-2-5-15(10-14)12-21-7-3-6-17(19(21)25)20(26)22-8-9-27-16(13-22)11-18(23)24/h2-7,10,16H,8-9,11-13H2,1H3,(H,23,24)/t16-/m0/s1. The van der Waals surface area contributed by atoms with Gasteiger partial charge in [-0.25, -0.2) is 0 Å². The van der Waals surface area contributed by atoms with Crippen molar-refractivity contribution in [3.05, 3.63) is 69.6 Å². The molecule has 1 amide bonds. The van der Waals surface area contributed by atoms with Crippen LogP contribution < -0.4 is 5.56 Å². The van der Waals surface area contributed by atoms with Crippen molar-refractivity contribution in [2.75, 3.05) is 19.7 Å². The number of ether oxygens (including phenoxy) is 1. The number of aromatic nitrogens is 1. The lowest BCUT2D eigenvalue weighted by Gasteiger charge is -2.32. The summed E-state index contributed by atoms with van der Waals surface area (Å²) in [6.45, 7) is 3.12. The summed E-state index contributed by atoms with van der Waals surface area (Å²) in [4.78, 5) is 38.0. The summed E-state index contributed by atoms with van der Waals surface area (Å²) < 4.78 is 6.90. The zero-order valence-corrected chi connectivity index (χ0v) is 15.1. The second kappa shape index (κ2) is 8.18. The zero-order chi connectivity index (χ0) is 19.4. The number of hydrogen-bond donors (Lipinski definition) is 1. The van der Waals surface area contributed by atoms with Crippen LogP contribution in [0.25, 0.3) is 0 Å². The predicted molar refractivity (Wildman–Crippen MR) is 98.9 cm³/mol. The lowest BCUT2D eigenvalue weighted by Crippen LogP contribution is -2.47. The number of morpholine rings is 1. The molecule has 0 bridgehead atoms. The number of aliphatic carboxylic acids is 1. The second-order valence-corrected chi connectivity index (χ2v) is 6.69. The van der Waals surface area contributed by atoms with E-state index in [1.54, 1.807) is 12.3 Å². The minimum absolute atomic E-state index is 0.0844. The van der Waals surface area contributed by atoms with Crippen LogP contribution in [0.3, 0.4) is 0 Å². The minimum Gasteiger partial charge on any atom is -0.481 e. The highest BCUT2D eigenvalue weighted by Gasteiger charge is 2.28. The van der Waals surface area contributed by atoms with Gasteiger partial charge in [0.05, 0.1) is 25.7 Å². The molecule has 1 aliphatic heterocycles. The van der Waals surface area contributed by atoms with Crippen LogP contribution in [0.2, 0.25) is 0 Å². The van der Waals surface area contributed by atoms with E-state index in [1.165, 1.54) is 15.5 Å². The molecule has 1 aliphatic rings. The van der Waals surface area contributed by atoms with Crippen molar-refractivity contribution >= 4 is 11.9 Å². The van der Waals surface area contributed by atoms with Crippen molar-refractivity contribution in [1.29, 1.82) is 0 Å². The van der Waals surface area contributed by atoms with Crippen LogP contribution in [0.1, 0.15) is 27.9 Å². The topological polar surface area (TPSA) is 88.8 Å². The van der Waals surface area contributed by atoms with Gasteiger partial charge in [0.25, 0.3) is 11.5 Å². The smallest absolute Gasteiger partial charge is 0.306 e. The van der Waals surface area contributed by atoms with Crippen LogP contribution >= 0.6 is 0 Å². The number of benzene rings is 1. The number of amides is 1. The van der Waals surface area contributed by atoms with Crippen molar-refractivity contribution in [2.45, 2.75) is 26.0 Å². The third-order valence-corrected chi connectivity index (χ3v) is 4.51. The Morgan fingerprint density at radius 3 is 2.81 bits per heavy atom. The van der Waals surface area contributed by atoms with E-state index in [0.29, 0.717) is 13.1 Å². The molecule has 0 spiro atoms. The third-order valence-electron chi connectivity index (χ3n) is 4.51. The number of aryl methyl sites for hydroxylation is 1. The van der Waals surface area contributed by atoms with Gasteiger partial charge >= 0.3 is 5.97 Å². The molecule has 27 heavy (non-hydrogen) atoms. The minimum atomic E-state index is -0.977. The molecule has 1 N–H and O–H groups in total. The number of carbonyl (C=O) groups excluding carboxylic acids is 1. The summed E-state index contributed by atoms with van der Waals surface area (Å²) >= 11 is 0. The van der Waals surface area contributed by atoms with Gasteiger partial charge in [0.2, 0.25) is 0 Å². The molecule has 2 heterocycles. The highest BCUT2D eigenvalue weighted by atomic mass is 16.5. The highest BCUT2D eigenvalue weighted by molar-refractivity contribution is 5.94. The Kier molecular flexibility index (Phi) is 5.71. The van der Waals surface area contributed by atoms with E-state index in [9.17, 15) is 14.4 Å². The molecule has 3 rings (SSSR count). The predicted octanol–water partition coefficient (Wildman–Crippen LogP) is 1.52. The maximum atomic E-state index is 12.8. The highest BCUT2D eigenvalue weighted by Crippen LogP contribution is 2.12. The molecular formula is C20H22N2O5. The van der Waals surface area contributed by atoms with E-state index < -0.39 is 18.0 Å². The summed E-state index contributed by atoms with van der Waals surface area (Å²) in [5.74, 6) is -1.37. The Morgan fingerprint density at radius 1 is 1.26 bits per heavy atom. The maximum Gasteiger partial charge on any atom is 0.306 e. The fourth-order valence-corrected chi connectivity index (χ4v) is 3.22. The average Bonchev–Trinajstić information content (AvgIpc) is 2.63. The van der Waals surface area contributed by atoms with Crippen molar-refractivity contribution < 1.29 is 19.4 Å². The summed E-state index contributed by atoms with van der Waals surface area (Å²) in [6, 6.07) is 11.0. The molecule has 1 fully saturated rings. The van der Waals surface area contributed by atoms with Gasteiger partial charge < -0.3 is 19.3 Å². The van der Waals surface area contributed by atoms with Gasteiger partial charge in [0, 0.05) is 19.3 Å². The fourth-order valence-electron chi connectivity index (χ4n) is 3.22. The number of rotatable bonds is 5. The molecule has 1 aromatic carbocycles. The summed E-state index contributed by atoms with van der Waals surface area (Å²) in [7, 11) is 0. The monoisotopic (exact) mass is 370 g/mol. The van der Waals surface area contributed by atoms with Crippen LogP contribution in [0.4, 0.5) is 0 Å². The molecule has 7 heteroatoms. The third kappa shape index (κ3) is 4.62. The van der Waals surface area contributed by atoms with Crippen molar-refractivity contribution in [3.63, 3.8) is 0 Å². The lowest BCUT2D eigenvalue weighted by molar-refractivity contribution is -0.141. The van der Waals surface area contributed by atoms with E-state index in [0.717, 1.165) is 11.1 Å². The zero-order valence-electron chi connectivity index (χ0n) is 15.1. The van der Waals surface area contributed by atoms with Crippen LogP contribution in [-0.4, -0.2) is 52.3 Å². The molecular weight excluding hydrogens is 348 g/mol. The Bertz CT molecular complexity index is 905. The molecule has 2 aromatic rings. The van der Waals surface area contributed by atoms with Gasteiger partial charge in [0.1, 0.15) is 5.56 Å². The number of carboxylic acids is 1. The first-order valence-corrected chi connectivity index (χ1v) is 8.81. The van der Waals surface area contributed by atoms with E-state index in [1.807, 2.05) is 31.2 Å². The number of carbonyl (C=O) groups is 2. The molecule has 7 nitrogen and oxygen atoms in total.